The number of nitrogens with two attached hydrogens (primary N) is 1. The quantitative estimate of drug-likeness (QED) is 0.152. The predicted molar refractivity (Wildman–Crippen MR) is 161 cm³/mol. The number of hydrogen-bond donors (Lipinski definition) is 3. The molecular formula is C30H36N6O4S. The van der Waals surface area contributed by atoms with Crippen molar-refractivity contribution in [2.75, 3.05) is 31.5 Å². The summed E-state index contributed by atoms with van der Waals surface area (Å²) in [5.41, 5.74) is 9.14. The maximum absolute atomic E-state index is 13.7. The molecular weight excluding hydrogens is 540 g/mol. The summed E-state index contributed by atoms with van der Waals surface area (Å²) in [6.45, 7) is 1.49. The number of aliphatic carboxylic acids is 1. The summed E-state index contributed by atoms with van der Waals surface area (Å²) >= 11 is 0. The van der Waals surface area contributed by atoms with Crippen LogP contribution in [-0.2, 0) is 27.8 Å². The molecule has 0 atom stereocenters. The normalized spacial score (nSPS) is 11.7. The average molecular weight is 577 g/mol. The number of amidine groups is 1. The van der Waals surface area contributed by atoms with E-state index in [1.54, 1.807) is 54.6 Å². The van der Waals surface area contributed by atoms with Crippen molar-refractivity contribution in [2.24, 2.45) is 5.73 Å². The third-order valence-electron chi connectivity index (χ3n) is 6.80. The molecule has 4 rings (SSSR count). The lowest BCUT2D eigenvalue weighted by atomic mass is 10.1. The number of rotatable bonds is 14. The highest BCUT2D eigenvalue weighted by atomic mass is 32.2. The van der Waals surface area contributed by atoms with Crippen LogP contribution in [0.4, 0.5) is 5.69 Å². The zero-order chi connectivity index (χ0) is 29.6. The molecule has 0 unspecified atom stereocenters. The molecule has 0 aliphatic heterocycles. The summed E-state index contributed by atoms with van der Waals surface area (Å²) < 4.78 is 30.9. The first-order valence-corrected chi connectivity index (χ1v) is 14.9. The van der Waals surface area contributed by atoms with Crippen molar-refractivity contribution in [3.63, 3.8) is 0 Å². The number of carboxylic acids is 1. The van der Waals surface area contributed by atoms with Gasteiger partial charge in [-0.2, -0.15) is 0 Å². The Labute approximate surface area is 240 Å². The van der Waals surface area contributed by atoms with E-state index in [9.17, 15) is 18.3 Å². The molecule has 10 nitrogen and oxygen atoms in total. The molecule has 41 heavy (non-hydrogen) atoms. The molecule has 216 valence electrons. The molecule has 0 radical (unpaired) electrons. The van der Waals surface area contributed by atoms with Gasteiger partial charge in [-0.15, -0.1) is 0 Å². The van der Waals surface area contributed by atoms with Gasteiger partial charge in [0.25, 0.3) is 10.0 Å². The van der Waals surface area contributed by atoms with Crippen molar-refractivity contribution in [3.05, 3.63) is 89.7 Å². The zero-order valence-electron chi connectivity index (χ0n) is 23.3. The van der Waals surface area contributed by atoms with Gasteiger partial charge < -0.3 is 20.3 Å². The largest absolute Gasteiger partial charge is 0.481 e. The molecule has 0 amide bonds. The minimum atomic E-state index is -3.82. The van der Waals surface area contributed by atoms with Gasteiger partial charge in [-0.25, -0.2) is 13.4 Å². The van der Waals surface area contributed by atoms with Crippen LogP contribution in [0.15, 0.2) is 77.7 Å². The molecule has 0 saturated carbocycles. The van der Waals surface area contributed by atoms with Crippen LogP contribution in [-0.4, -0.2) is 67.0 Å². The number of hydrogen-bond acceptors (Lipinski definition) is 6. The average Bonchev–Trinajstić information content (AvgIpc) is 3.27. The van der Waals surface area contributed by atoms with E-state index in [0.29, 0.717) is 49.1 Å². The second-order valence-electron chi connectivity index (χ2n) is 10.2. The van der Waals surface area contributed by atoms with Crippen molar-refractivity contribution < 1.29 is 18.3 Å². The Bertz CT molecular complexity index is 1620. The molecule has 0 spiro atoms. The fourth-order valence-corrected chi connectivity index (χ4v) is 6.24. The van der Waals surface area contributed by atoms with Gasteiger partial charge in [0.15, 0.2) is 0 Å². The highest BCUT2D eigenvalue weighted by Gasteiger charge is 2.25. The fourth-order valence-electron chi connectivity index (χ4n) is 4.72. The van der Waals surface area contributed by atoms with E-state index in [1.807, 2.05) is 41.8 Å². The van der Waals surface area contributed by atoms with Crippen molar-refractivity contribution in [2.45, 2.75) is 37.1 Å². The summed E-state index contributed by atoms with van der Waals surface area (Å²) in [6.07, 6.45) is 1.57. The number of carbonyl (C=O) groups is 1. The highest BCUT2D eigenvalue weighted by molar-refractivity contribution is 7.92. The Morgan fingerprint density at radius 3 is 2.34 bits per heavy atom. The van der Waals surface area contributed by atoms with Gasteiger partial charge >= 0.3 is 5.97 Å². The maximum Gasteiger partial charge on any atom is 0.303 e. The molecule has 0 aliphatic carbocycles. The van der Waals surface area contributed by atoms with Crippen molar-refractivity contribution in [1.82, 2.24) is 14.5 Å². The minimum absolute atomic E-state index is 0.00872. The number of imidazole rings is 1. The number of sulfonamides is 1. The van der Waals surface area contributed by atoms with Gasteiger partial charge in [0.05, 0.1) is 21.6 Å². The Kier molecular flexibility index (Phi) is 9.41. The maximum atomic E-state index is 13.7. The van der Waals surface area contributed by atoms with E-state index in [4.69, 9.17) is 16.1 Å². The zero-order valence-corrected chi connectivity index (χ0v) is 24.1. The van der Waals surface area contributed by atoms with Gasteiger partial charge in [-0.05, 0) is 69.4 Å². The van der Waals surface area contributed by atoms with Crippen LogP contribution >= 0.6 is 0 Å². The van der Waals surface area contributed by atoms with E-state index >= 15 is 0 Å². The number of anilines is 1. The number of fused-ring (bicyclic) bond motifs is 1. The first-order valence-electron chi connectivity index (χ1n) is 13.4. The highest BCUT2D eigenvalue weighted by Crippen LogP contribution is 2.29. The topological polar surface area (TPSA) is 146 Å². The van der Waals surface area contributed by atoms with E-state index in [1.165, 1.54) is 4.31 Å². The molecule has 11 heteroatoms. The van der Waals surface area contributed by atoms with Gasteiger partial charge in [-0.1, -0.05) is 42.5 Å². The van der Waals surface area contributed by atoms with Crippen LogP contribution in [0.5, 0.6) is 0 Å². The van der Waals surface area contributed by atoms with E-state index in [0.717, 1.165) is 23.4 Å². The summed E-state index contributed by atoms with van der Waals surface area (Å²) in [5, 5.41) is 16.8. The monoisotopic (exact) mass is 576 g/mol. The second kappa shape index (κ2) is 13.0. The van der Waals surface area contributed by atoms with Gasteiger partial charge in [0, 0.05) is 31.5 Å². The van der Waals surface area contributed by atoms with Crippen LogP contribution in [0.3, 0.4) is 0 Å². The summed E-state index contributed by atoms with van der Waals surface area (Å²) in [6, 6.07) is 21.2. The number of nitrogen functional groups attached to an aromatic ring is 1. The Morgan fingerprint density at radius 1 is 1.00 bits per heavy atom. The predicted octanol–water partition coefficient (Wildman–Crippen LogP) is 3.92. The van der Waals surface area contributed by atoms with Gasteiger partial charge in [0.2, 0.25) is 0 Å². The Morgan fingerprint density at radius 2 is 1.71 bits per heavy atom. The second-order valence-corrected chi connectivity index (χ2v) is 12.0. The molecule has 1 heterocycles. The number of aryl methyl sites for hydroxylation is 1. The first kappa shape index (κ1) is 29.8. The molecule has 0 saturated heterocycles. The number of carboxylic acid groups (broad SMARTS) is 1. The third-order valence-corrected chi connectivity index (χ3v) is 8.64. The van der Waals surface area contributed by atoms with E-state index < -0.39 is 16.0 Å². The number of aromatic nitrogens is 2. The van der Waals surface area contributed by atoms with Crippen molar-refractivity contribution in [1.29, 1.82) is 5.41 Å². The summed E-state index contributed by atoms with van der Waals surface area (Å²) in [4.78, 5) is 18.3. The van der Waals surface area contributed by atoms with Gasteiger partial charge in [-0.3, -0.25) is 14.5 Å². The molecule has 4 aromatic rings. The Balaban J connectivity index is 1.74. The lowest BCUT2D eigenvalue weighted by Crippen LogP contribution is -2.33. The minimum Gasteiger partial charge on any atom is -0.481 e. The molecule has 0 fully saturated rings. The molecule has 1 aromatic heterocycles. The van der Waals surface area contributed by atoms with Crippen LogP contribution in [0.25, 0.3) is 11.0 Å². The van der Waals surface area contributed by atoms with Crippen LogP contribution in [0.1, 0.15) is 36.2 Å². The van der Waals surface area contributed by atoms with Gasteiger partial charge in [0.1, 0.15) is 11.7 Å². The van der Waals surface area contributed by atoms with Crippen LogP contribution in [0, 0.1) is 5.41 Å². The summed E-state index contributed by atoms with van der Waals surface area (Å²) in [7, 11) is 0.0853. The van der Waals surface area contributed by atoms with Crippen LogP contribution in [0.2, 0.25) is 0 Å². The number of nitrogens with one attached hydrogen (secondary N) is 1. The molecule has 4 N–H and O–H groups in total. The van der Waals surface area contributed by atoms with Crippen molar-refractivity contribution in [3.8, 4) is 0 Å². The fraction of sp³-hybridized carbons (Fsp3) is 0.300. The Hall–Kier alpha value is -4.22. The lowest BCUT2D eigenvalue weighted by Gasteiger charge is -2.25. The molecule has 0 aliphatic rings. The first-order chi connectivity index (χ1) is 19.6. The molecule has 3 aromatic carbocycles. The smallest absolute Gasteiger partial charge is 0.303 e. The molecule has 0 bridgehead atoms. The van der Waals surface area contributed by atoms with Crippen molar-refractivity contribution >= 4 is 38.5 Å². The number of benzene rings is 3. The lowest BCUT2D eigenvalue weighted by molar-refractivity contribution is -0.137. The number of nitrogens with zero attached hydrogens (tertiary/aromatic N) is 4. The van der Waals surface area contributed by atoms with E-state index in [2.05, 4.69) is 0 Å². The van der Waals surface area contributed by atoms with E-state index in [-0.39, 0.29) is 17.2 Å². The summed E-state index contributed by atoms with van der Waals surface area (Å²) in [5.74, 6) is -0.133. The van der Waals surface area contributed by atoms with Crippen LogP contribution < -0.4 is 10.0 Å². The SMILES string of the molecule is CN(C)CCCN(c1ccc2c(c1)nc(Cc1ccc(C(=N)N)cc1)n2CCCC(=O)O)S(=O)(=O)c1ccccc1. The third kappa shape index (κ3) is 7.30. The standard InChI is InChI=1S/C30H36N6O4S/c1-34(2)17-7-19-36(41(39,40)25-8-4-3-5-9-25)24-15-16-27-26(21-24)33-28(35(27)18-6-10-29(37)38)20-22-11-13-23(14-12-22)30(31)32/h3-5,8-9,11-16,21H,6-7,10,17-20H2,1-2H3,(H3,31,32)(H,37,38).